The van der Waals surface area contributed by atoms with E-state index in [1.54, 1.807) is 42.5 Å². The summed E-state index contributed by atoms with van der Waals surface area (Å²) in [7, 11) is 1.31. The van der Waals surface area contributed by atoms with Gasteiger partial charge in [-0.25, -0.2) is 4.79 Å². The standard InChI is InChI=1S/C15H13BrN2O3/c1-21-15(20)9-2-5-11(6-3-9)18-14(19)12-8-10(17)4-7-13(12)16/h2-8H,17H2,1H3,(H,18,19). The Balaban J connectivity index is 2.16. The van der Waals surface area contributed by atoms with Crippen LogP contribution in [0.25, 0.3) is 0 Å². The van der Waals surface area contributed by atoms with Crippen molar-refractivity contribution in [2.45, 2.75) is 0 Å². The molecule has 0 radical (unpaired) electrons. The Morgan fingerprint density at radius 1 is 1.14 bits per heavy atom. The highest BCUT2D eigenvalue weighted by Gasteiger charge is 2.11. The van der Waals surface area contributed by atoms with Crippen molar-refractivity contribution in [1.29, 1.82) is 0 Å². The van der Waals surface area contributed by atoms with Gasteiger partial charge in [-0.05, 0) is 58.4 Å². The number of carbonyl (C=O) groups is 2. The summed E-state index contributed by atoms with van der Waals surface area (Å²) >= 11 is 3.31. The van der Waals surface area contributed by atoms with Crippen LogP contribution in [0.4, 0.5) is 11.4 Å². The zero-order valence-corrected chi connectivity index (χ0v) is 12.8. The van der Waals surface area contributed by atoms with E-state index in [1.165, 1.54) is 7.11 Å². The number of nitrogens with one attached hydrogen (secondary N) is 1. The summed E-state index contributed by atoms with van der Waals surface area (Å²) in [6.07, 6.45) is 0. The first kappa shape index (κ1) is 15.1. The maximum absolute atomic E-state index is 12.2. The van der Waals surface area contributed by atoms with Crippen LogP contribution in [-0.4, -0.2) is 19.0 Å². The van der Waals surface area contributed by atoms with E-state index in [2.05, 4.69) is 26.0 Å². The van der Waals surface area contributed by atoms with Crippen molar-refractivity contribution < 1.29 is 14.3 Å². The van der Waals surface area contributed by atoms with Crippen LogP contribution in [0.3, 0.4) is 0 Å². The lowest BCUT2D eigenvalue weighted by Gasteiger charge is -2.08. The summed E-state index contributed by atoms with van der Waals surface area (Å²) in [5.41, 5.74) is 7.60. The molecule has 2 aromatic carbocycles. The normalized spacial score (nSPS) is 10.0. The Hall–Kier alpha value is -2.34. The number of anilines is 2. The maximum atomic E-state index is 12.2. The van der Waals surface area contributed by atoms with Gasteiger partial charge >= 0.3 is 5.97 Å². The smallest absolute Gasteiger partial charge is 0.337 e. The van der Waals surface area contributed by atoms with Crippen molar-refractivity contribution in [3.8, 4) is 0 Å². The lowest BCUT2D eigenvalue weighted by Crippen LogP contribution is -2.13. The average Bonchev–Trinajstić information content (AvgIpc) is 2.49. The van der Waals surface area contributed by atoms with Crippen molar-refractivity contribution in [3.05, 3.63) is 58.1 Å². The molecule has 0 saturated carbocycles. The molecule has 6 heteroatoms. The van der Waals surface area contributed by atoms with Gasteiger partial charge < -0.3 is 15.8 Å². The highest BCUT2D eigenvalue weighted by atomic mass is 79.9. The number of hydrogen-bond donors (Lipinski definition) is 2. The van der Waals surface area contributed by atoms with Crippen molar-refractivity contribution >= 4 is 39.2 Å². The number of nitrogen functional groups attached to an aromatic ring is 1. The quantitative estimate of drug-likeness (QED) is 0.659. The second-order valence-corrected chi connectivity index (χ2v) is 5.12. The van der Waals surface area contributed by atoms with Crippen LogP contribution in [-0.2, 0) is 4.74 Å². The molecule has 0 aromatic heterocycles. The zero-order chi connectivity index (χ0) is 15.4. The summed E-state index contributed by atoms with van der Waals surface area (Å²) in [6.45, 7) is 0. The monoisotopic (exact) mass is 348 g/mol. The van der Waals surface area contributed by atoms with Gasteiger partial charge in [0.25, 0.3) is 5.91 Å². The highest BCUT2D eigenvalue weighted by Crippen LogP contribution is 2.21. The third kappa shape index (κ3) is 3.61. The highest BCUT2D eigenvalue weighted by molar-refractivity contribution is 9.10. The molecule has 2 rings (SSSR count). The molecule has 2 aromatic rings. The molecule has 0 saturated heterocycles. The van der Waals surface area contributed by atoms with E-state index >= 15 is 0 Å². The maximum Gasteiger partial charge on any atom is 0.337 e. The average molecular weight is 349 g/mol. The van der Waals surface area contributed by atoms with Crippen LogP contribution in [0.5, 0.6) is 0 Å². The van der Waals surface area contributed by atoms with Crippen LogP contribution in [0.2, 0.25) is 0 Å². The molecular formula is C15H13BrN2O3. The van der Waals surface area contributed by atoms with Crippen molar-refractivity contribution in [2.75, 3.05) is 18.2 Å². The van der Waals surface area contributed by atoms with E-state index in [0.717, 1.165) is 0 Å². The molecule has 0 atom stereocenters. The minimum absolute atomic E-state index is 0.292. The molecule has 21 heavy (non-hydrogen) atoms. The topological polar surface area (TPSA) is 81.4 Å². The second-order valence-electron chi connectivity index (χ2n) is 4.26. The Kier molecular flexibility index (Phi) is 4.59. The van der Waals surface area contributed by atoms with Crippen molar-refractivity contribution in [2.24, 2.45) is 0 Å². The first-order valence-corrected chi connectivity index (χ1v) is 6.85. The van der Waals surface area contributed by atoms with Crippen molar-refractivity contribution in [1.82, 2.24) is 0 Å². The molecule has 0 heterocycles. The third-order valence-electron chi connectivity index (χ3n) is 2.80. The Morgan fingerprint density at radius 2 is 1.81 bits per heavy atom. The number of amides is 1. The molecule has 0 bridgehead atoms. The predicted molar refractivity (Wildman–Crippen MR) is 84.3 cm³/mol. The Bertz CT molecular complexity index is 684. The fourth-order valence-corrected chi connectivity index (χ4v) is 2.15. The number of rotatable bonds is 3. The second kappa shape index (κ2) is 6.41. The van der Waals surface area contributed by atoms with Gasteiger partial charge in [0.1, 0.15) is 0 Å². The SMILES string of the molecule is COC(=O)c1ccc(NC(=O)c2cc(N)ccc2Br)cc1. The van der Waals surface area contributed by atoms with Gasteiger partial charge in [-0.15, -0.1) is 0 Å². The summed E-state index contributed by atoms with van der Waals surface area (Å²) in [6, 6.07) is 11.4. The number of carbonyl (C=O) groups excluding carboxylic acids is 2. The number of methoxy groups -OCH3 is 1. The minimum atomic E-state index is -0.425. The number of halogens is 1. The predicted octanol–water partition coefficient (Wildman–Crippen LogP) is 3.07. The van der Waals surface area contributed by atoms with E-state index in [1.807, 2.05) is 0 Å². The van der Waals surface area contributed by atoms with Gasteiger partial charge in [-0.1, -0.05) is 0 Å². The van der Waals surface area contributed by atoms with Crippen LogP contribution >= 0.6 is 15.9 Å². The van der Waals surface area contributed by atoms with E-state index in [-0.39, 0.29) is 5.91 Å². The fourth-order valence-electron chi connectivity index (χ4n) is 1.72. The number of benzene rings is 2. The molecule has 0 unspecified atom stereocenters. The lowest BCUT2D eigenvalue weighted by atomic mass is 10.1. The molecule has 0 spiro atoms. The van der Waals surface area contributed by atoms with E-state index in [4.69, 9.17) is 5.73 Å². The molecule has 1 amide bonds. The molecule has 3 N–H and O–H groups in total. The van der Waals surface area contributed by atoms with Gasteiger partial charge in [0, 0.05) is 15.8 Å². The Labute approximate surface area is 130 Å². The summed E-state index contributed by atoms with van der Waals surface area (Å²) in [5.74, 6) is -0.716. The van der Waals surface area contributed by atoms with Gasteiger partial charge in [-0.3, -0.25) is 4.79 Å². The van der Waals surface area contributed by atoms with Crippen LogP contribution in [0.1, 0.15) is 20.7 Å². The van der Waals surface area contributed by atoms with Crippen LogP contribution in [0, 0.1) is 0 Å². The first-order valence-electron chi connectivity index (χ1n) is 6.06. The van der Waals surface area contributed by atoms with Gasteiger partial charge in [0.15, 0.2) is 0 Å². The Morgan fingerprint density at radius 3 is 2.43 bits per heavy atom. The van der Waals surface area contributed by atoms with Crippen LogP contribution < -0.4 is 11.1 Å². The van der Waals surface area contributed by atoms with Crippen molar-refractivity contribution in [3.63, 3.8) is 0 Å². The molecule has 108 valence electrons. The van der Waals surface area contributed by atoms with Gasteiger partial charge in [0.2, 0.25) is 0 Å². The summed E-state index contributed by atoms with van der Waals surface area (Å²) in [4.78, 5) is 23.5. The molecule has 5 nitrogen and oxygen atoms in total. The molecule has 0 fully saturated rings. The number of ether oxygens (including phenoxy) is 1. The van der Waals surface area contributed by atoms with Crippen LogP contribution in [0.15, 0.2) is 46.9 Å². The minimum Gasteiger partial charge on any atom is -0.465 e. The summed E-state index contributed by atoms with van der Waals surface area (Å²) in [5, 5.41) is 2.73. The number of nitrogens with two attached hydrogens (primary N) is 1. The molecule has 0 aliphatic rings. The molecule has 0 aliphatic heterocycles. The fraction of sp³-hybridized carbons (Fsp3) is 0.0667. The lowest BCUT2D eigenvalue weighted by molar-refractivity contribution is 0.0600. The van der Waals surface area contributed by atoms with E-state index < -0.39 is 5.97 Å². The largest absolute Gasteiger partial charge is 0.465 e. The number of hydrogen-bond acceptors (Lipinski definition) is 4. The van der Waals surface area contributed by atoms with E-state index in [9.17, 15) is 9.59 Å². The van der Waals surface area contributed by atoms with E-state index in [0.29, 0.717) is 27.0 Å². The molecule has 0 aliphatic carbocycles. The van der Waals surface area contributed by atoms with Gasteiger partial charge in [0.05, 0.1) is 18.2 Å². The van der Waals surface area contributed by atoms with Gasteiger partial charge in [-0.2, -0.15) is 0 Å². The number of esters is 1. The zero-order valence-electron chi connectivity index (χ0n) is 11.2. The third-order valence-corrected chi connectivity index (χ3v) is 3.49. The first-order chi connectivity index (χ1) is 10.0. The molecular weight excluding hydrogens is 336 g/mol. The summed E-state index contributed by atoms with van der Waals surface area (Å²) < 4.78 is 5.26.